The predicted octanol–water partition coefficient (Wildman–Crippen LogP) is 3.03. The van der Waals surface area contributed by atoms with Gasteiger partial charge in [0.2, 0.25) is 5.91 Å². The van der Waals surface area contributed by atoms with Crippen molar-refractivity contribution in [1.82, 2.24) is 5.32 Å². The van der Waals surface area contributed by atoms with Gasteiger partial charge < -0.3 is 11.1 Å². The number of benzene rings is 1. The Bertz CT molecular complexity index is 365. The van der Waals surface area contributed by atoms with E-state index in [4.69, 9.17) is 5.73 Å². The lowest BCUT2D eigenvalue weighted by atomic mass is 10.1. The molecule has 0 bridgehead atoms. The Morgan fingerprint density at radius 2 is 1.85 bits per heavy atom. The van der Waals surface area contributed by atoms with Crippen LogP contribution in [0.5, 0.6) is 0 Å². The summed E-state index contributed by atoms with van der Waals surface area (Å²) in [6.45, 7) is 2.83. The van der Waals surface area contributed by atoms with Gasteiger partial charge in [-0.15, -0.1) is 0 Å². The number of unbranched alkanes of at least 4 members (excludes halogenated alkanes) is 3. The van der Waals surface area contributed by atoms with Crippen molar-refractivity contribution in [2.45, 2.75) is 57.9 Å². The molecule has 3 N–H and O–H groups in total. The first-order valence-corrected chi connectivity index (χ1v) is 7.75. The molecular weight excluding hydrogens is 248 g/mol. The number of rotatable bonds is 10. The number of carbonyl (C=O) groups excluding carboxylic acids is 1. The van der Waals surface area contributed by atoms with Crippen LogP contribution in [0.2, 0.25) is 0 Å². The second kappa shape index (κ2) is 10.4. The van der Waals surface area contributed by atoms with Crippen molar-refractivity contribution in [2.75, 3.05) is 6.54 Å². The van der Waals surface area contributed by atoms with Crippen molar-refractivity contribution in [3.63, 3.8) is 0 Å². The van der Waals surface area contributed by atoms with Gasteiger partial charge in [-0.05, 0) is 44.7 Å². The maximum absolute atomic E-state index is 11.8. The Balaban J connectivity index is 2.09. The molecule has 0 spiro atoms. The lowest BCUT2D eigenvalue weighted by molar-refractivity contribution is -0.121. The molecule has 0 aliphatic rings. The van der Waals surface area contributed by atoms with Crippen LogP contribution in [0, 0.1) is 0 Å². The molecule has 0 radical (unpaired) electrons. The van der Waals surface area contributed by atoms with Crippen LogP contribution in [0.4, 0.5) is 0 Å². The van der Waals surface area contributed by atoms with E-state index in [1.807, 2.05) is 6.07 Å². The van der Waals surface area contributed by atoms with E-state index in [1.54, 1.807) is 0 Å². The molecule has 0 heterocycles. The third-order valence-electron chi connectivity index (χ3n) is 3.47. The molecule has 1 atom stereocenters. The van der Waals surface area contributed by atoms with Crippen molar-refractivity contribution in [3.05, 3.63) is 35.9 Å². The van der Waals surface area contributed by atoms with E-state index >= 15 is 0 Å². The molecule has 1 aromatic rings. The minimum Gasteiger partial charge on any atom is -0.354 e. The molecule has 1 amide bonds. The van der Waals surface area contributed by atoms with E-state index in [-0.39, 0.29) is 11.9 Å². The molecule has 1 aromatic carbocycles. The zero-order valence-electron chi connectivity index (χ0n) is 12.6. The highest BCUT2D eigenvalue weighted by Crippen LogP contribution is 2.06. The van der Waals surface area contributed by atoms with Crippen molar-refractivity contribution in [3.8, 4) is 0 Å². The summed E-state index contributed by atoms with van der Waals surface area (Å²) in [5.41, 5.74) is 6.77. The molecule has 1 unspecified atom stereocenters. The van der Waals surface area contributed by atoms with Gasteiger partial charge in [0.15, 0.2) is 0 Å². The molecule has 0 fully saturated rings. The molecule has 0 aromatic heterocycles. The number of aryl methyl sites for hydroxylation is 1. The van der Waals surface area contributed by atoms with Crippen molar-refractivity contribution in [2.24, 2.45) is 5.73 Å². The summed E-state index contributed by atoms with van der Waals surface area (Å²) in [6, 6.07) is 10.6. The normalized spacial score (nSPS) is 12.1. The highest BCUT2D eigenvalue weighted by molar-refractivity contribution is 5.76. The number of hydrogen-bond donors (Lipinski definition) is 2. The SMILES string of the molecule is CC(CCc1ccccc1)NC(=O)CCCCCCN. The zero-order chi connectivity index (χ0) is 14.6. The third-order valence-corrected chi connectivity index (χ3v) is 3.47. The molecule has 0 saturated heterocycles. The first-order chi connectivity index (χ1) is 9.72. The Morgan fingerprint density at radius 3 is 2.55 bits per heavy atom. The van der Waals surface area contributed by atoms with Crippen molar-refractivity contribution in [1.29, 1.82) is 0 Å². The van der Waals surface area contributed by atoms with Crippen molar-refractivity contribution >= 4 is 5.91 Å². The largest absolute Gasteiger partial charge is 0.354 e. The van der Waals surface area contributed by atoms with E-state index in [9.17, 15) is 4.79 Å². The van der Waals surface area contributed by atoms with E-state index in [0.717, 1.165) is 45.1 Å². The first kappa shape index (κ1) is 16.7. The molecule has 1 rings (SSSR count). The average Bonchev–Trinajstić information content (AvgIpc) is 2.46. The van der Waals surface area contributed by atoms with Gasteiger partial charge in [-0.3, -0.25) is 4.79 Å². The Hall–Kier alpha value is -1.35. The van der Waals surface area contributed by atoms with Gasteiger partial charge in [-0.1, -0.05) is 43.2 Å². The van der Waals surface area contributed by atoms with Gasteiger partial charge in [0.25, 0.3) is 0 Å². The molecule has 0 aliphatic carbocycles. The minimum absolute atomic E-state index is 0.179. The molecule has 3 nitrogen and oxygen atoms in total. The van der Waals surface area contributed by atoms with Gasteiger partial charge >= 0.3 is 0 Å². The second-order valence-corrected chi connectivity index (χ2v) is 5.45. The van der Waals surface area contributed by atoms with E-state index < -0.39 is 0 Å². The van der Waals surface area contributed by atoms with Gasteiger partial charge in [0.1, 0.15) is 0 Å². The Kier molecular flexibility index (Phi) is 8.72. The summed E-state index contributed by atoms with van der Waals surface area (Å²) in [5, 5.41) is 3.08. The lowest BCUT2D eigenvalue weighted by Crippen LogP contribution is -2.32. The fourth-order valence-electron chi connectivity index (χ4n) is 2.23. The maximum atomic E-state index is 11.8. The summed E-state index contributed by atoms with van der Waals surface area (Å²) >= 11 is 0. The van der Waals surface area contributed by atoms with Crippen LogP contribution >= 0.6 is 0 Å². The standard InChI is InChI=1S/C17H28N2O/c1-15(12-13-16-9-5-4-6-10-16)19-17(20)11-7-2-3-8-14-18/h4-6,9-10,15H,2-3,7-8,11-14,18H2,1H3,(H,19,20). The minimum atomic E-state index is 0.179. The third kappa shape index (κ3) is 7.95. The quantitative estimate of drug-likeness (QED) is 0.645. The van der Waals surface area contributed by atoms with Gasteiger partial charge in [0, 0.05) is 12.5 Å². The average molecular weight is 276 g/mol. The van der Waals surface area contributed by atoms with Crippen LogP contribution in [0.25, 0.3) is 0 Å². The fraction of sp³-hybridized carbons (Fsp3) is 0.588. The zero-order valence-corrected chi connectivity index (χ0v) is 12.6. The highest BCUT2D eigenvalue weighted by Gasteiger charge is 2.07. The van der Waals surface area contributed by atoms with E-state index in [0.29, 0.717) is 6.42 Å². The first-order valence-electron chi connectivity index (χ1n) is 7.75. The van der Waals surface area contributed by atoms with Gasteiger partial charge in [0.05, 0.1) is 0 Å². The molecule has 20 heavy (non-hydrogen) atoms. The monoisotopic (exact) mass is 276 g/mol. The summed E-state index contributed by atoms with van der Waals surface area (Å²) < 4.78 is 0. The molecule has 0 aliphatic heterocycles. The number of amides is 1. The second-order valence-electron chi connectivity index (χ2n) is 5.45. The number of carbonyl (C=O) groups is 1. The molecule has 3 heteroatoms. The number of nitrogens with one attached hydrogen (secondary N) is 1. The highest BCUT2D eigenvalue weighted by atomic mass is 16.1. The van der Waals surface area contributed by atoms with Crippen LogP contribution in [-0.4, -0.2) is 18.5 Å². The van der Waals surface area contributed by atoms with Crippen LogP contribution in [-0.2, 0) is 11.2 Å². The Morgan fingerprint density at radius 1 is 1.15 bits per heavy atom. The molecule has 0 saturated carbocycles. The summed E-state index contributed by atoms with van der Waals surface area (Å²) in [6.07, 6.45) is 6.91. The van der Waals surface area contributed by atoms with E-state index in [2.05, 4.69) is 36.5 Å². The van der Waals surface area contributed by atoms with Crippen molar-refractivity contribution < 1.29 is 4.79 Å². The number of nitrogens with two attached hydrogens (primary N) is 1. The molecule has 112 valence electrons. The summed E-state index contributed by atoms with van der Waals surface area (Å²) in [7, 11) is 0. The molecular formula is C17H28N2O. The summed E-state index contributed by atoms with van der Waals surface area (Å²) in [4.78, 5) is 11.8. The van der Waals surface area contributed by atoms with Crippen LogP contribution in [0.15, 0.2) is 30.3 Å². The van der Waals surface area contributed by atoms with Gasteiger partial charge in [-0.2, -0.15) is 0 Å². The van der Waals surface area contributed by atoms with Crippen LogP contribution in [0.1, 0.15) is 51.0 Å². The topological polar surface area (TPSA) is 55.1 Å². The predicted molar refractivity (Wildman–Crippen MR) is 84.5 cm³/mol. The number of hydrogen-bond acceptors (Lipinski definition) is 2. The Labute approximate surface area is 122 Å². The smallest absolute Gasteiger partial charge is 0.220 e. The van der Waals surface area contributed by atoms with Gasteiger partial charge in [-0.25, -0.2) is 0 Å². The van der Waals surface area contributed by atoms with E-state index in [1.165, 1.54) is 5.56 Å². The maximum Gasteiger partial charge on any atom is 0.220 e. The summed E-state index contributed by atoms with van der Waals surface area (Å²) in [5.74, 6) is 0.179. The lowest BCUT2D eigenvalue weighted by Gasteiger charge is -2.13. The van der Waals surface area contributed by atoms with Crippen LogP contribution < -0.4 is 11.1 Å². The fourth-order valence-corrected chi connectivity index (χ4v) is 2.23. The van der Waals surface area contributed by atoms with Crippen LogP contribution in [0.3, 0.4) is 0 Å².